The Balaban J connectivity index is 0.000000483. The summed E-state index contributed by atoms with van der Waals surface area (Å²) in [6.07, 6.45) is 2.04. The molecular weight excluding hydrogens is 396 g/mol. The number of carbonyl (C=O) groups is 2. The van der Waals surface area contributed by atoms with Crippen molar-refractivity contribution in [2.24, 2.45) is 0 Å². The van der Waals surface area contributed by atoms with Gasteiger partial charge in [-0.3, -0.25) is 9.59 Å². The van der Waals surface area contributed by atoms with Gasteiger partial charge in [0.1, 0.15) is 0 Å². The van der Waals surface area contributed by atoms with Gasteiger partial charge >= 0.3 is 17.1 Å². The molecule has 2 rings (SSSR count). The molecule has 0 atom stereocenters. The molecular formula is C20H20CuN2O4. The van der Waals surface area contributed by atoms with E-state index < -0.39 is 11.8 Å². The van der Waals surface area contributed by atoms with Gasteiger partial charge in [-0.1, -0.05) is 50.2 Å². The summed E-state index contributed by atoms with van der Waals surface area (Å²) in [5, 5.41) is 26.2. The van der Waals surface area contributed by atoms with E-state index >= 15 is 0 Å². The number of rotatable bonds is 4. The van der Waals surface area contributed by atoms with Gasteiger partial charge in [0.2, 0.25) is 11.8 Å². The number of para-hydroxylation sites is 2. The predicted molar refractivity (Wildman–Crippen MR) is 97.7 cm³/mol. The Bertz CT molecular complexity index is 700. The van der Waals surface area contributed by atoms with Crippen LogP contribution in [-0.4, -0.2) is 11.8 Å². The minimum absolute atomic E-state index is 0. The summed E-state index contributed by atoms with van der Waals surface area (Å²) in [7, 11) is 0. The third-order valence-corrected chi connectivity index (χ3v) is 2.75. The molecule has 0 saturated heterocycles. The molecule has 0 unspecified atom stereocenters. The van der Waals surface area contributed by atoms with E-state index in [4.69, 9.17) is 0 Å². The molecule has 0 aliphatic heterocycles. The Hall–Kier alpha value is -3.02. The first-order chi connectivity index (χ1) is 12.4. The molecule has 2 aromatic rings. The Labute approximate surface area is 169 Å². The van der Waals surface area contributed by atoms with E-state index in [0.29, 0.717) is 11.4 Å². The van der Waals surface area contributed by atoms with Gasteiger partial charge in [0.05, 0.1) is 0 Å². The van der Waals surface area contributed by atoms with Crippen LogP contribution in [0.1, 0.15) is 13.8 Å². The summed E-state index contributed by atoms with van der Waals surface area (Å²) in [4.78, 5) is 22.1. The molecule has 0 heterocycles. The first-order valence-electron chi connectivity index (χ1n) is 7.79. The van der Waals surface area contributed by atoms with Crippen molar-refractivity contribution in [3.8, 4) is 0 Å². The number of hydrogen-bond donors (Lipinski definition) is 2. The molecule has 2 amide bonds. The van der Waals surface area contributed by atoms with Crippen LogP contribution < -0.4 is 20.8 Å². The summed E-state index contributed by atoms with van der Waals surface area (Å²) >= 11 is 0. The monoisotopic (exact) mass is 415 g/mol. The number of benzene rings is 2. The van der Waals surface area contributed by atoms with Crippen molar-refractivity contribution in [2.75, 3.05) is 10.6 Å². The van der Waals surface area contributed by atoms with Gasteiger partial charge in [0.25, 0.3) is 0 Å². The molecule has 27 heavy (non-hydrogen) atoms. The molecule has 0 spiro atoms. The molecule has 7 heteroatoms. The zero-order valence-electron chi connectivity index (χ0n) is 14.9. The topological polar surface area (TPSA) is 104 Å². The van der Waals surface area contributed by atoms with E-state index in [1.807, 2.05) is 36.4 Å². The van der Waals surface area contributed by atoms with E-state index in [1.54, 1.807) is 24.3 Å². The largest absolute Gasteiger partial charge is 2.00 e. The smallest absolute Gasteiger partial charge is 0.875 e. The van der Waals surface area contributed by atoms with Gasteiger partial charge in [-0.15, -0.1) is 11.5 Å². The van der Waals surface area contributed by atoms with Crippen molar-refractivity contribution in [2.45, 2.75) is 13.8 Å². The number of amides is 2. The summed E-state index contributed by atoms with van der Waals surface area (Å²) < 4.78 is 0. The van der Waals surface area contributed by atoms with E-state index in [0.717, 1.165) is 12.2 Å². The fourth-order valence-corrected chi connectivity index (χ4v) is 1.77. The summed E-state index contributed by atoms with van der Waals surface area (Å²) in [6.45, 7) is 2.68. The Morgan fingerprint density at radius 1 is 0.704 bits per heavy atom. The van der Waals surface area contributed by atoms with Crippen LogP contribution in [0.4, 0.5) is 11.4 Å². The van der Waals surface area contributed by atoms with E-state index in [9.17, 15) is 19.8 Å². The van der Waals surface area contributed by atoms with E-state index in [1.165, 1.54) is 13.8 Å². The predicted octanol–water partition coefficient (Wildman–Crippen LogP) is 1.78. The van der Waals surface area contributed by atoms with Crippen molar-refractivity contribution in [1.82, 2.24) is 0 Å². The molecule has 0 fully saturated rings. The van der Waals surface area contributed by atoms with Crippen LogP contribution in [0.2, 0.25) is 0 Å². The van der Waals surface area contributed by atoms with Crippen molar-refractivity contribution < 1.29 is 36.9 Å². The first kappa shape index (κ1) is 24.0. The molecule has 0 aliphatic rings. The number of carbonyl (C=O) groups excluding carboxylic acids is 2. The van der Waals surface area contributed by atoms with Gasteiger partial charge in [-0.2, -0.15) is 0 Å². The van der Waals surface area contributed by atoms with Crippen LogP contribution >= 0.6 is 0 Å². The third-order valence-electron chi connectivity index (χ3n) is 2.75. The van der Waals surface area contributed by atoms with Crippen LogP contribution in [0, 0.1) is 0 Å². The van der Waals surface area contributed by atoms with Gasteiger partial charge in [0, 0.05) is 11.4 Å². The third kappa shape index (κ3) is 12.0. The number of nitrogens with one attached hydrogen (secondary N) is 2. The fraction of sp³-hybridized carbons (Fsp3) is 0.100. The van der Waals surface area contributed by atoms with E-state index in [2.05, 4.69) is 10.6 Å². The molecule has 145 valence electrons. The Morgan fingerprint density at radius 2 is 1.00 bits per heavy atom. The average Bonchev–Trinajstić information content (AvgIpc) is 2.55. The van der Waals surface area contributed by atoms with Crippen LogP contribution in [0.15, 0.2) is 84.3 Å². The van der Waals surface area contributed by atoms with Crippen molar-refractivity contribution in [1.29, 1.82) is 0 Å². The SMILES string of the molecule is C/C([O-])=C/C(=O)Nc1ccccc1.C/C([O-])=C/C(=O)Nc1ccccc1.[Cu+2]. The number of anilines is 2. The molecule has 6 nitrogen and oxygen atoms in total. The zero-order chi connectivity index (χ0) is 19.4. The van der Waals surface area contributed by atoms with Gasteiger partial charge in [-0.05, 0) is 36.4 Å². The van der Waals surface area contributed by atoms with Gasteiger partial charge in [0.15, 0.2) is 0 Å². The van der Waals surface area contributed by atoms with Crippen LogP contribution in [0.25, 0.3) is 0 Å². The minimum atomic E-state index is -0.390. The maximum absolute atomic E-state index is 11.0. The van der Waals surface area contributed by atoms with Crippen LogP contribution in [-0.2, 0) is 26.7 Å². The molecule has 0 aromatic heterocycles. The Morgan fingerprint density at radius 3 is 1.26 bits per heavy atom. The van der Waals surface area contributed by atoms with Crippen molar-refractivity contribution in [3.63, 3.8) is 0 Å². The standard InChI is InChI=1S/2C10H11NO2.Cu/c2*1-8(12)7-10(13)11-9-5-3-2-4-6-9;/h2*2-7,12H,1H3,(H,11,13);/q;;+2/p-2/b2*8-7-;. The average molecular weight is 416 g/mol. The van der Waals surface area contributed by atoms with Crippen LogP contribution in [0.5, 0.6) is 0 Å². The van der Waals surface area contributed by atoms with Crippen molar-refractivity contribution >= 4 is 23.2 Å². The van der Waals surface area contributed by atoms with Crippen molar-refractivity contribution in [3.05, 3.63) is 84.3 Å². The number of allylic oxidation sites excluding steroid dienone is 2. The summed E-state index contributed by atoms with van der Waals surface area (Å²) in [5.41, 5.74) is 1.37. The minimum Gasteiger partial charge on any atom is -0.875 e. The Kier molecular flexibility index (Phi) is 11.7. The molecule has 0 saturated carbocycles. The summed E-state index contributed by atoms with van der Waals surface area (Å²) in [5.74, 6) is -1.29. The second-order valence-corrected chi connectivity index (χ2v) is 5.22. The second kappa shape index (κ2) is 13.2. The summed E-state index contributed by atoms with van der Waals surface area (Å²) in [6, 6.07) is 18.0. The maximum Gasteiger partial charge on any atom is 2.00 e. The molecule has 2 N–H and O–H groups in total. The zero-order valence-corrected chi connectivity index (χ0v) is 15.8. The first-order valence-corrected chi connectivity index (χ1v) is 7.79. The number of hydrogen-bond acceptors (Lipinski definition) is 4. The van der Waals surface area contributed by atoms with E-state index in [-0.39, 0.29) is 28.6 Å². The van der Waals surface area contributed by atoms with Crippen LogP contribution in [0.3, 0.4) is 0 Å². The molecule has 0 aliphatic carbocycles. The maximum atomic E-state index is 11.0. The normalized spacial score (nSPS) is 10.6. The molecule has 2 aromatic carbocycles. The van der Waals surface area contributed by atoms with Gasteiger partial charge < -0.3 is 20.8 Å². The molecule has 0 bridgehead atoms. The fourth-order valence-electron chi connectivity index (χ4n) is 1.77. The second-order valence-electron chi connectivity index (χ2n) is 5.22. The molecule has 1 radical (unpaired) electrons. The quantitative estimate of drug-likeness (QED) is 0.451. The van der Waals surface area contributed by atoms with Gasteiger partial charge in [-0.25, -0.2) is 0 Å².